The SMILES string of the molecule is CC(CNC(=O)c1ccc(CO)cc1)C(=O)O. The zero-order valence-corrected chi connectivity index (χ0v) is 9.51. The Hall–Kier alpha value is -1.88. The Bertz CT molecular complexity index is 399. The predicted octanol–water partition coefficient (Wildman–Crippen LogP) is 0.629. The van der Waals surface area contributed by atoms with Crippen molar-refractivity contribution < 1.29 is 19.8 Å². The number of aliphatic hydroxyl groups is 1. The summed E-state index contributed by atoms with van der Waals surface area (Å²) in [4.78, 5) is 22.2. The zero-order chi connectivity index (χ0) is 12.8. The monoisotopic (exact) mass is 237 g/mol. The van der Waals surface area contributed by atoms with Crippen molar-refractivity contribution in [1.29, 1.82) is 0 Å². The molecule has 0 heterocycles. The Labute approximate surface area is 99.1 Å². The fourth-order valence-electron chi connectivity index (χ4n) is 1.20. The van der Waals surface area contributed by atoms with Gasteiger partial charge in [0.2, 0.25) is 0 Å². The number of hydrogen-bond acceptors (Lipinski definition) is 3. The van der Waals surface area contributed by atoms with Gasteiger partial charge in [0, 0.05) is 12.1 Å². The lowest BCUT2D eigenvalue weighted by Crippen LogP contribution is -2.31. The van der Waals surface area contributed by atoms with Gasteiger partial charge in [-0.15, -0.1) is 0 Å². The van der Waals surface area contributed by atoms with Crippen LogP contribution in [0.3, 0.4) is 0 Å². The maximum atomic E-state index is 11.6. The minimum Gasteiger partial charge on any atom is -0.481 e. The van der Waals surface area contributed by atoms with Crippen LogP contribution in [0.1, 0.15) is 22.8 Å². The van der Waals surface area contributed by atoms with Crippen molar-refractivity contribution in [2.75, 3.05) is 6.54 Å². The van der Waals surface area contributed by atoms with E-state index in [9.17, 15) is 9.59 Å². The zero-order valence-electron chi connectivity index (χ0n) is 9.51. The Kier molecular flexibility index (Phi) is 4.66. The summed E-state index contributed by atoms with van der Waals surface area (Å²) in [6, 6.07) is 6.48. The van der Waals surface area contributed by atoms with Gasteiger partial charge < -0.3 is 15.5 Å². The Morgan fingerprint density at radius 2 is 1.88 bits per heavy atom. The van der Waals surface area contributed by atoms with Crippen LogP contribution >= 0.6 is 0 Å². The van der Waals surface area contributed by atoms with Gasteiger partial charge in [0.05, 0.1) is 12.5 Å². The van der Waals surface area contributed by atoms with Crippen LogP contribution in [0.4, 0.5) is 0 Å². The van der Waals surface area contributed by atoms with Gasteiger partial charge >= 0.3 is 5.97 Å². The van der Waals surface area contributed by atoms with Crippen molar-refractivity contribution in [3.8, 4) is 0 Å². The first kappa shape index (κ1) is 13.2. The number of carboxylic acids is 1. The minimum atomic E-state index is -0.944. The molecule has 5 nitrogen and oxygen atoms in total. The molecule has 0 aliphatic heterocycles. The van der Waals surface area contributed by atoms with Crippen LogP contribution in [0.2, 0.25) is 0 Å². The molecule has 1 aromatic carbocycles. The Balaban J connectivity index is 2.55. The second kappa shape index (κ2) is 6.00. The number of hydrogen-bond donors (Lipinski definition) is 3. The number of aliphatic carboxylic acids is 1. The summed E-state index contributed by atoms with van der Waals surface area (Å²) in [5, 5.41) is 20.0. The smallest absolute Gasteiger partial charge is 0.308 e. The molecule has 0 spiro atoms. The molecule has 5 heteroatoms. The van der Waals surface area contributed by atoms with E-state index in [4.69, 9.17) is 10.2 Å². The van der Waals surface area contributed by atoms with Gasteiger partial charge in [-0.2, -0.15) is 0 Å². The first-order valence-corrected chi connectivity index (χ1v) is 5.25. The molecule has 3 N–H and O–H groups in total. The molecule has 0 fully saturated rings. The van der Waals surface area contributed by atoms with E-state index >= 15 is 0 Å². The summed E-state index contributed by atoms with van der Waals surface area (Å²) in [6.45, 7) is 1.55. The highest BCUT2D eigenvalue weighted by Gasteiger charge is 2.12. The normalized spacial score (nSPS) is 11.9. The van der Waals surface area contributed by atoms with Crippen molar-refractivity contribution in [2.24, 2.45) is 5.92 Å². The average molecular weight is 237 g/mol. The number of rotatable bonds is 5. The Morgan fingerprint density at radius 1 is 1.29 bits per heavy atom. The number of aliphatic hydroxyl groups excluding tert-OH is 1. The van der Waals surface area contributed by atoms with Gasteiger partial charge in [0.1, 0.15) is 0 Å². The third-order valence-electron chi connectivity index (χ3n) is 2.39. The lowest BCUT2D eigenvalue weighted by Gasteiger charge is -2.08. The van der Waals surface area contributed by atoms with E-state index in [0.29, 0.717) is 5.56 Å². The molecule has 17 heavy (non-hydrogen) atoms. The predicted molar refractivity (Wildman–Crippen MR) is 61.5 cm³/mol. The number of carbonyl (C=O) groups excluding carboxylic acids is 1. The maximum Gasteiger partial charge on any atom is 0.308 e. The topological polar surface area (TPSA) is 86.6 Å². The summed E-state index contributed by atoms with van der Waals surface area (Å²) >= 11 is 0. The fourth-order valence-corrected chi connectivity index (χ4v) is 1.20. The third kappa shape index (κ3) is 3.88. The van der Waals surface area contributed by atoms with Gasteiger partial charge in [-0.3, -0.25) is 9.59 Å². The van der Waals surface area contributed by atoms with Crippen molar-refractivity contribution in [1.82, 2.24) is 5.32 Å². The molecule has 1 amide bonds. The molecule has 0 bridgehead atoms. The van der Waals surface area contributed by atoms with Crippen molar-refractivity contribution in [3.05, 3.63) is 35.4 Å². The molecule has 1 unspecified atom stereocenters. The molecule has 0 aromatic heterocycles. The van der Waals surface area contributed by atoms with E-state index in [1.165, 1.54) is 6.92 Å². The number of carbonyl (C=O) groups is 2. The number of benzene rings is 1. The van der Waals surface area contributed by atoms with Crippen LogP contribution < -0.4 is 5.32 Å². The number of carboxylic acid groups (broad SMARTS) is 1. The van der Waals surface area contributed by atoms with Crippen molar-refractivity contribution >= 4 is 11.9 Å². The summed E-state index contributed by atoms with van der Waals surface area (Å²) < 4.78 is 0. The summed E-state index contributed by atoms with van der Waals surface area (Å²) in [6.07, 6.45) is 0. The third-order valence-corrected chi connectivity index (χ3v) is 2.39. The van der Waals surface area contributed by atoms with E-state index in [2.05, 4.69) is 5.32 Å². The van der Waals surface area contributed by atoms with Crippen LogP contribution in [0.5, 0.6) is 0 Å². The largest absolute Gasteiger partial charge is 0.481 e. The first-order valence-electron chi connectivity index (χ1n) is 5.25. The van der Waals surface area contributed by atoms with Gasteiger partial charge in [0.15, 0.2) is 0 Å². The van der Waals surface area contributed by atoms with Gasteiger partial charge in [0.25, 0.3) is 5.91 Å². The molecule has 0 saturated heterocycles. The van der Waals surface area contributed by atoms with Crippen LogP contribution in [-0.2, 0) is 11.4 Å². The van der Waals surface area contributed by atoms with Crippen LogP contribution in [0, 0.1) is 5.92 Å². The van der Waals surface area contributed by atoms with Crippen LogP contribution in [0.25, 0.3) is 0 Å². The van der Waals surface area contributed by atoms with E-state index in [-0.39, 0.29) is 19.1 Å². The standard InChI is InChI=1S/C12H15NO4/c1-8(12(16)17)6-13-11(15)10-4-2-9(7-14)3-5-10/h2-5,8,14H,6-7H2,1H3,(H,13,15)(H,16,17). The second-order valence-electron chi connectivity index (χ2n) is 3.80. The molecular formula is C12H15NO4. The molecule has 0 saturated carbocycles. The van der Waals surface area contributed by atoms with E-state index < -0.39 is 11.9 Å². The highest BCUT2D eigenvalue weighted by Crippen LogP contribution is 2.04. The number of nitrogens with one attached hydrogen (secondary N) is 1. The number of amides is 1. The molecular weight excluding hydrogens is 222 g/mol. The maximum absolute atomic E-state index is 11.6. The van der Waals surface area contributed by atoms with Gasteiger partial charge in [-0.25, -0.2) is 0 Å². The summed E-state index contributed by atoms with van der Waals surface area (Å²) in [5.74, 6) is -1.88. The van der Waals surface area contributed by atoms with Crippen molar-refractivity contribution in [3.63, 3.8) is 0 Å². The highest BCUT2D eigenvalue weighted by molar-refractivity contribution is 5.94. The molecule has 1 aromatic rings. The van der Waals surface area contributed by atoms with Crippen LogP contribution in [-0.4, -0.2) is 28.6 Å². The molecule has 0 aliphatic rings. The van der Waals surface area contributed by atoms with Crippen LogP contribution in [0.15, 0.2) is 24.3 Å². The quantitative estimate of drug-likeness (QED) is 0.701. The summed E-state index contributed by atoms with van der Waals surface area (Å²) in [5.41, 5.74) is 1.17. The average Bonchev–Trinajstić information content (AvgIpc) is 2.35. The fraction of sp³-hybridized carbons (Fsp3) is 0.333. The molecule has 0 aliphatic carbocycles. The molecule has 0 radical (unpaired) electrons. The van der Waals surface area contributed by atoms with E-state index in [1.807, 2.05) is 0 Å². The van der Waals surface area contributed by atoms with E-state index in [0.717, 1.165) is 5.56 Å². The van der Waals surface area contributed by atoms with Gasteiger partial charge in [-0.05, 0) is 17.7 Å². The van der Waals surface area contributed by atoms with E-state index in [1.54, 1.807) is 24.3 Å². The highest BCUT2D eigenvalue weighted by atomic mass is 16.4. The lowest BCUT2D eigenvalue weighted by molar-refractivity contribution is -0.140. The lowest BCUT2D eigenvalue weighted by atomic mass is 10.1. The molecule has 92 valence electrons. The second-order valence-corrected chi connectivity index (χ2v) is 3.80. The first-order chi connectivity index (χ1) is 8.04. The van der Waals surface area contributed by atoms with Gasteiger partial charge in [-0.1, -0.05) is 19.1 Å². The Morgan fingerprint density at radius 3 is 2.35 bits per heavy atom. The molecule has 1 rings (SSSR count). The van der Waals surface area contributed by atoms with Crippen molar-refractivity contribution in [2.45, 2.75) is 13.5 Å². The molecule has 1 atom stereocenters. The summed E-state index contributed by atoms with van der Waals surface area (Å²) in [7, 11) is 0. The minimum absolute atomic E-state index is 0.0715.